The highest BCUT2D eigenvalue weighted by atomic mass is 28.1. The molecule has 0 heterocycles. The average molecular weight is 220 g/mol. The molecule has 1 heteroatoms. The molecular formula is C14H24Si. The Morgan fingerprint density at radius 2 is 1.80 bits per heavy atom. The van der Waals surface area contributed by atoms with Crippen LogP contribution in [0.5, 0.6) is 0 Å². The van der Waals surface area contributed by atoms with Crippen molar-refractivity contribution >= 4 is 15.4 Å². The van der Waals surface area contributed by atoms with E-state index in [1.54, 1.807) is 0 Å². The highest BCUT2D eigenvalue weighted by Crippen LogP contribution is 1.98. The molecule has 0 bridgehead atoms. The van der Waals surface area contributed by atoms with E-state index >= 15 is 0 Å². The summed E-state index contributed by atoms with van der Waals surface area (Å²) in [5.74, 6) is 0. The largest absolute Gasteiger partial charge is 0.0917 e. The maximum absolute atomic E-state index is 2.23. The Hall–Kier alpha value is -0.823. The Labute approximate surface area is 97.8 Å². The minimum absolute atomic E-state index is 1.17. The predicted octanol–water partition coefficient (Wildman–Crippen LogP) is 2.82. The molecule has 0 spiro atoms. The van der Waals surface area contributed by atoms with Gasteiger partial charge < -0.3 is 0 Å². The first-order chi connectivity index (χ1) is 7.31. The molecule has 0 amide bonds. The lowest BCUT2D eigenvalue weighted by Crippen LogP contribution is -1.97. The van der Waals surface area contributed by atoms with Gasteiger partial charge in [-0.25, -0.2) is 0 Å². The topological polar surface area (TPSA) is 0 Å². The molecule has 0 aliphatic rings. The zero-order valence-electron chi connectivity index (χ0n) is 10.4. The number of benzene rings is 1. The van der Waals surface area contributed by atoms with Gasteiger partial charge in [-0.3, -0.25) is 0 Å². The molecule has 0 radical (unpaired) electrons. The number of allylic oxidation sites excluding steroid dienone is 2. The number of hydrogen-bond acceptors (Lipinski definition) is 0. The summed E-state index contributed by atoms with van der Waals surface area (Å²) >= 11 is 0. The normalized spacial score (nSPS) is 10.0. The van der Waals surface area contributed by atoms with Crippen molar-refractivity contribution in [1.82, 2.24) is 0 Å². The van der Waals surface area contributed by atoms with Crippen LogP contribution in [-0.4, -0.2) is 10.2 Å². The van der Waals surface area contributed by atoms with E-state index in [4.69, 9.17) is 0 Å². The van der Waals surface area contributed by atoms with Crippen molar-refractivity contribution < 1.29 is 0 Å². The van der Waals surface area contributed by atoms with E-state index in [9.17, 15) is 0 Å². The van der Waals surface area contributed by atoms with Crippen molar-refractivity contribution in [3.63, 3.8) is 0 Å². The quantitative estimate of drug-likeness (QED) is 0.416. The summed E-state index contributed by atoms with van der Waals surface area (Å²) in [7, 11) is 1.17. The Morgan fingerprint density at radius 1 is 1.13 bits per heavy atom. The third-order valence-electron chi connectivity index (χ3n) is 2.15. The fourth-order valence-corrected chi connectivity index (χ4v) is 1.60. The molecule has 0 saturated heterocycles. The van der Waals surface area contributed by atoms with E-state index in [0.29, 0.717) is 0 Å². The van der Waals surface area contributed by atoms with Gasteiger partial charge in [0.05, 0.1) is 0 Å². The summed E-state index contributed by atoms with van der Waals surface area (Å²) in [5, 5.41) is 1.46. The first-order valence-corrected chi connectivity index (χ1v) is 6.94. The third-order valence-corrected chi connectivity index (χ3v) is 2.82. The summed E-state index contributed by atoms with van der Waals surface area (Å²) < 4.78 is 0. The summed E-state index contributed by atoms with van der Waals surface area (Å²) in [6.45, 7) is 4.31. The third kappa shape index (κ3) is 11.1. The fraction of sp³-hybridized carbons (Fsp3) is 0.429. The highest BCUT2D eigenvalue weighted by molar-refractivity contribution is 6.32. The average Bonchev–Trinajstić information content (AvgIpc) is 2.27. The van der Waals surface area contributed by atoms with Crippen molar-refractivity contribution in [3.8, 4) is 0 Å². The van der Waals surface area contributed by atoms with Crippen molar-refractivity contribution in [2.75, 3.05) is 0 Å². The van der Waals surface area contributed by atoms with Crippen LogP contribution in [0.4, 0.5) is 0 Å². The van der Waals surface area contributed by atoms with Gasteiger partial charge in [0.25, 0.3) is 0 Å². The SMILES string of the molecule is CC=CCCCCC.[SiH3]c1ccccc1. The van der Waals surface area contributed by atoms with Crippen LogP contribution in [0.3, 0.4) is 0 Å². The molecule has 0 atom stereocenters. The van der Waals surface area contributed by atoms with Gasteiger partial charge in [0.15, 0.2) is 0 Å². The highest BCUT2D eigenvalue weighted by Gasteiger charge is 1.78. The Balaban J connectivity index is 0.000000262. The van der Waals surface area contributed by atoms with Gasteiger partial charge in [0.2, 0.25) is 0 Å². The van der Waals surface area contributed by atoms with Gasteiger partial charge in [-0.1, -0.05) is 67.4 Å². The Morgan fingerprint density at radius 3 is 2.20 bits per heavy atom. The van der Waals surface area contributed by atoms with Crippen LogP contribution in [-0.2, 0) is 0 Å². The van der Waals surface area contributed by atoms with Gasteiger partial charge in [-0.2, -0.15) is 0 Å². The smallest absolute Gasteiger partial charge is 0.0384 e. The molecule has 0 fully saturated rings. The number of rotatable bonds is 4. The lowest BCUT2D eigenvalue weighted by atomic mass is 10.2. The minimum atomic E-state index is 1.17. The summed E-state index contributed by atoms with van der Waals surface area (Å²) in [6.07, 6.45) is 9.69. The molecule has 84 valence electrons. The maximum Gasteiger partial charge on any atom is 0.0384 e. The van der Waals surface area contributed by atoms with Gasteiger partial charge >= 0.3 is 0 Å². The standard InChI is InChI=1S/C8H16.C6H8Si/c1-3-5-7-8-6-4-2;7-6-4-2-1-3-5-6/h3,5H,4,6-8H2,1-2H3;1-5H,7H3. The van der Waals surface area contributed by atoms with Gasteiger partial charge in [0, 0.05) is 10.2 Å². The van der Waals surface area contributed by atoms with Crippen LogP contribution in [0.1, 0.15) is 39.5 Å². The van der Waals surface area contributed by atoms with Crippen molar-refractivity contribution in [2.45, 2.75) is 39.5 Å². The molecule has 0 N–H and O–H groups in total. The molecular weight excluding hydrogens is 196 g/mol. The lowest BCUT2D eigenvalue weighted by molar-refractivity contribution is 0.729. The Kier molecular flexibility index (Phi) is 10.6. The van der Waals surface area contributed by atoms with Crippen LogP contribution in [0.15, 0.2) is 42.5 Å². The second kappa shape index (κ2) is 11.3. The second-order valence-electron chi connectivity index (χ2n) is 3.72. The number of hydrogen-bond donors (Lipinski definition) is 0. The van der Waals surface area contributed by atoms with E-state index in [1.165, 1.54) is 41.1 Å². The van der Waals surface area contributed by atoms with E-state index in [-0.39, 0.29) is 0 Å². The minimum Gasteiger partial charge on any atom is -0.0917 e. The van der Waals surface area contributed by atoms with E-state index in [0.717, 1.165) is 0 Å². The first-order valence-electron chi connectivity index (χ1n) is 5.94. The van der Waals surface area contributed by atoms with Crippen LogP contribution in [0, 0.1) is 0 Å². The molecule has 0 aliphatic heterocycles. The molecule has 0 saturated carbocycles. The van der Waals surface area contributed by atoms with E-state index in [2.05, 4.69) is 50.3 Å². The van der Waals surface area contributed by atoms with Gasteiger partial charge in [0.1, 0.15) is 0 Å². The van der Waals surface area contributed by atoms with Crippen molar-refractivity contribution in [2.24, 2.45) is 0 Å². The Bertz CT molecular complexity index is 239. The molecule has 0 unspecified atom stereocenters. The molecule has 1 aromatic rings. The first kappa shape index (κ1) is 14.2. The lowest BCUT2D eigenvalue weighted by Gasteiger charge is -1.88. The summed E-state index contributed by atoms with van der Waals surface area (Å²) in [6, 6.07) is 10.5. The number of unbranched alkanes of at least 4 members (excludes halogenated alkanes) is 3. The monoisotopic (exact) mass is 220 g/mol. The predicted molar refractivity (Wildman–Crippen MR) is 75.0 cm³/mol. The second-order valence-corrected chi connectivity index (χ2v) is 4.87. The van der Waals surface area contributed by atoms with Crippen LogP contribution in [0.25, 0.3) is 0 Å². The van der Waals surface area contributed by atoms with Crippen LogP contribution < -0.4 is 5.19 Å². The van der Waals surface area contributed by atoms with Crippen LogP contribution in [0.2, 0.25) is 0 Å². The van der Waals surface area contributed by atoms with Crippen molar-refractivity contribution in [1.29, 1.82) is 0 Å². The van der Waals surface area contributed by atoms with Crippen LogP contribution >= 0.6 is 0 Å². The zero-order chi connectivity index (χ0) is 11.4. The maximum atomic E-state index is 2.23. The molecule has 0 aliphatic carbocycles. The fourth-order valence-electron chi connectivity index (χ4n) is 1.21. The zero-order valence-corrected chi connectivity index (χ0v) is 12.4. The van der Waals surface area contributed by atoms with Gasteiger partial charge in [-0.05, 0) is 19.8 Å². The van der Waals surface area contributed by atoms with Gasteiger partial charge in [-0.15, -0.1) is 0 Å². The summed E-state index contributed by atoms with van der Waals surface area (Å²) in [4.78, 5) is 0. The van der Waals surface area contributed by atoms with E-state index in [1.807, 2.05) is 6.07 Å². The molecule has 0 nitrogen and oxygen atoms in total. The summed E-state index contributed by atoms with van der Waals surface area (Å²) in [5.41, 5.74) is 0. The molecule has 15 heavy (non-hydrogen) atoms. The van der Waals surface area contributed by atoms with Crippen molar-refractivity contribution in [3.05, 3.63) is 42.5 Å². The molecule has 1 rings (SSSR count). The van der Waals surface area contributed by atoms with E-state index < -0.39 is 0 Å². The molecule has 0 aromatic heterocycles. The molecule has 1 aromatic carbocycles.